The van der Waals surface area contributed by atoms with Gasteiger partial charge >= 0.3 is 0 Å². The highest BCUT2D eigenvalue weighted by Crippen LogP contribution is 2.67. The number of hydrogen-bond donors (Lipinski definition) is 0. The molecule has 1 fully saturated rings. The summed E-state index contributed by atoms with van der Waals surface area (Å²) in [5.74, 6) is 0. The fourth-order valence-electron chi connectivity index (χ4n) is 1.76. The molecule has 0 aromatic heterocycles. The number of alkyl halides is 2. The van der Waals surface area contributed by atoms with Gasteiger partial charge in [-0.25, -0.2) is 0 Å². The second kappa shape index (κ2) is 3.78. The summed E-state index contributed by atoms with van der Waals surface area (Å²) >= 11 is 10.6. The average Bonchev–Trinajstić information content (AvgIpc) is 2.66. The largest absolute Gasteiger partial charge is 0.270 e. The molecule has 0 heterocycles. The zero-order chi connectivity index (χ0) is 12.1. The van der Waals surface area contributed by atoms with Gasteiger partial charge in [0, 0.05) is 22.0 Å². The molecule has 1 atom stereocenters. The number of nitro groups is 1. The monoisotopic (exact) mass is 411 g/mol. The predicted octanol–water partition coefficient (Wildman–Crippen LogP) is 4.50. The Labute approximate surface area is 118 Å². The third kappa shape index (κ3) is 1.84. The smallest absolute Gasteiger partial charge is 0.258 e. The van der Waals surface area contributed by atoms with E-state index < -0.39 is 0 Å². The summed E-state index contributed by atoms with van der Waals surface area (Å²) < 4.78 is 0.691. The highest BCUT2D eigenvalue weighted by molar-refractivity contribution is 9.25. The molecule has 0 bridgehead atoms. The number of rotatable bonds is 2. The Bertz CT molecular complexity index is 475. The topological polar surface area (TPSA) is 43.1 Å². The van der Waals surface area contributed by atoms with E-state index in [-0.39, 0.29) is 19.3 Å². The van der Waals surface area contributed by atoms with E-state index in [9.17, 15) is 10.1 Å². The standard InChI is InChI=1S/C10H8Br3NO2/c1-9(5-10(9,12)13)7-3-2-6(14(15)16)4-8(7)11/h2-4H,5H2,1H3. The lowest BCUT2D eigenvalue weighted by atomic mass is 9.98. The number of nitrogens with zero attached hydrogens (tertiary/aromatic N) is 1. The molecule has 0 spiro atoms. The molecule has 1 aliphatic rings. The first-order valence-electron chi connectivity index (χ1n) is 4.60. The van der Waals surface area contributed by atoms with Gasteiger partial charge in [-0.15, -0.1) is 0 Å². The van der Waals surface area contributed by atoms with Gasteiger partial charge in [-0.3, -0.25) is 10.1 Å². The van der Waals surface area contributed by atoms with Crippen molar-refractivity contribution in [2.24, 2.45) is 0 Å². The van der Waals surface area contributed by atoms with Gasteiger partial charge in [0.05, 0.1) is 8.16 Å². The molecule has 2 rings (SSSR count). The minimum atomic E-state index is -0.390. The summed E-state index contributed by atoms with van der Waals surface area (Å²) in [6.07, 6.45) is 0.955. The van der Waals surface area contributed by atoms with E-state index in [1.807, 2.05) is 6.07 Å². The highest BCUT2D eigenvalue weighted by Gasteiger charge is 2.63. The normalized spacial score (nSPS) is 26.5. The molecule has 86 valence electrons. The quantitative estimate of drug-likeness (QED) is 0.407. The van der Waals surface area contributed by atoms with Crippen LogP contribution in [0.15, 0.2) is 22.7 Å². The SMILES string of the molecule is CC1(c2ccc([N+](=O)[O-])cc2Br)CC1(Br)Br. The van der Waals surface area contributed by atoms with Gasteiger partial charge in [0.1, 0.15) is 0 Å². The Morgan fingerprint density at radius 2 is 2.00 bits per heavy atom. The van der Waals surface area contributed by atoms with E-state index >= 15 is 0 Å². The fourth-order valence-corrected chi connectivity index (χ4v) is 4.11. The van der Waals surface area contributed by atoms with Crippen LogP contribution in [0.1, 0.15) is 18.9 Å². The molecule has 0 saturated heterocycles. The molecule has 3 nitrogen and oxygen atoms in total. The average molecular weight is 414 g/mol. The van der Waals surface area contributed by atoms with Crippen LogP contribution in [0.4, 0.5) is 5.69 Å². The van der Waals surface area contributed by atoms with Crippen molar-refractivity contribution in [3.63, 3.8) is 0 Å². The number of nitro benzene ring substituents is 1. The van der Waals surface area contributed by atoms with Crippen LogP contribution in [-0.4, -0.2) is 8.16 Å². The molecule has 0 aliphatic heterocycles. The Morgan fingerprint density at radius 1 is 1.44 bits per heavy atom. The maximum atomic E-state index is 10.6. The third-order valence-corrected chi connectivity index (χ3v) is 5.98. The fraction of sp³-hybridized carbons (Fsp3) is 0.400. The van der Waals surface area contributed by atoms with Gasteiger partial charge in [-0.2, -0.15) is 0 Å². The minimum absolute atomic E-state index is 0.0268. The molecule has 1 unspecified atom stereocenters. The Kier molecular flexibility index (Phi) is 2.96. The molecule has 1 saturated carbocycles. The number of benzene rings is 1. The summed E-state index contributed by atoms with van der Waals surface area (Å²) in [7, 11) is 0. The van der Waals surface area contributed by atoms with Gasteiger partial charge in [-0.1, -0.05) is 60.8 Å². The first-order chi connectivity index (χ1) is 7.28. The molecule has 0 amide bonds. The van der Waals surface area contributed by atoms with E-state index in [0.29, 0.717) is 0 Å². The minimum Gasteiger partial charge on any atom is -0.258 e. The Hall–Kier alpha value is 0.0600. The van der Waals surface area contributed by atoms with Gasteiger partial charge in [0.15, 0.2) is 0 Å². The van der Waals surface area contributed by atoms with Crippen molar-refractivity contribution in [2.75, 3.05) is 0 Å². The van der Waals surface area contributed by atoms with E-state index in [0.717, 1.165) is 16.5 Å². The number of halogens is 3. The Morgan fingerprint density at radius 3 is 2.38 bits per heavy atom. The van der Waals surface area contributed by atoms with Crippen LogP contribution in [0.25, 0.3) is 0 Å². The maximum Gasteiger partial charge on any atom is 0.270 e. The molecular weight excluding hydrogens is 406 g/mol. The predicted molar refractivity (Wildman–Crippen MR) is 73.4 cm³/mol. The maximum absolute atomic E-state index is 10.6. The van der Waals surface area contributed by atoms with E-state index in [1.54, 1.807) is 12.1 Å². The van der Waals surface area contributed by atoms with Crippen LogP contribution < -0.4 is 0 Å². The summed E-state index contributed by atoms with van der Waals surface area (Å²) in [4.78, 5) is 10.2. The van der Waals surface area contributed by atoms with Crippen molar-refractivity contribution < 1.29 is 4.92 Å². The first-order valence-corrected chi connectivity index (χ1v) is 6.98. The summed E-state index contributed by atoms with van der Waals surface area (Å²) in [6, 6.07) is 4.90. The number of hydrogen-bond acceptors (Lipinski definition) is 2. The van der Waals surface area contributed by atoms with Gasteiger partial charge in [-0.05, 0) is 12.0 Å². The molecule has 16 heavy (non-hydrogen) atoms. The van der Waals surface area contributed by atoms with Crippen molar-refractivity contribution in [2.45, 2.75) is 22.0 Å². The second-order valence-electron chi connectivity index (χ2n) is 4.13. The lowest BCUT2D eigenvalue weighted by Crippen LogP contribution is -2.10. The van der Waals surface area contributed by atoms with Crippen molar-refractivity contribution in [1.29, 1.82) is 0 Å². The highest BCUT2D eigenvalue weighted by atomic mass is 79.9. The molecule has 1 aromatic carbocycles. The zero-order valence-electron chi connectivity index (χ0n) is 8.34. The van der Waals surface area contributed by atoms with Crippen LogP contribution in [-0.2, 0) is 5.41 Å². The molecule has 0 radical (unpaired) electrons. The summed E-state index contributed by atoms with van der Waals surface area (Å²) in [5.41, 5.74) is 1.16. The first kappa shape index (κ1) is 12.5. The molecule has 1 aromatic rings. The molecule has 6 heteroatoms. The lowest BCUT2D eigenvalue weighted by Gasteiger charge is -2.14. The summed E-state index contributed by atoms with van der Waals surface area (Å²) in [6.45, 7) is 2.11. The summed E-state index contributed by atoms with van der Waals surface area (Å²) in [5, 5.41) is 10.6. The van der Waals surface area contributed by atoms with Gasteiger partial charge in [0.25, 0.3) is 5.69 Å². The van der Waals surface area contributed by atoms with Crippen molar-refractivity contribution in [1.82, 2.24) is 0 Å². The van der Waals surface area contributed by atoms with Crippen molar-refractivity contribution in [3.05, 3.63) is 38.3 Å². The van der Waals surface area contributed by atoms with Crippen LogP contribution >= 0.6 is 47.8 Å². The Balaban J connectivity index is 2.42. The van der Waals surface area contributed by atoms with E-state index in [4.69, 9.17) is 0 Å². The molecular formula is C10H8Br3NO2. The second-order valence-corrected chi connectivity index (χ2v) is 8.76. The van der Waals surface area contributed by atoms with Crippen LogP contribution in [0.3, 0.4) is 0 Å². The molecule has 1 aliphatic carbocycles. The van der Waals surface area contributed by atoms with Crippen molar-refractivity contribution in [3.8, 4) is 0 Å². The number of non-ortho nitro benzene ring substituents is 1. The lowest BCUT2D eigenvalue weighted by molar-refractivity contribution is -0.384. The van der Waals surface area contributed by atoms with Gasteiger partial charge < -0.3 is 0 Å². The zero-order valence-corrected chi connectivity index (χ0v) is 13.1. The van der Waals surface area contributed by atoms with E-state index in [2.05, 4.69) is 54.7 Å². The third-order valence-electron chi connectivity index (χ3n) is 3.02. The van der Waals surface area contributed by atoms with E-state index in [1.165, 1.54) is 0 Å². The van der Waals surface area contributed by atoms with Crippen LogP contribution in [0, 0.1) is 10.1 Å². The van der Waals surface area contributed by atoms with Crippen LogP contribution in [0.5, 0.6) is 0 Å². The van der Waals surface area contributed by atoms with Gasteiger partial charge in [0.2, 0.25) is 0 Å². The molecule has 0 N–H and O–H groups in total. The van der Waals surface area contributed by atoms with Crippen LogP contribution in [0.2, 0.25) is 0 Å². The van der Waals surface area contributed by atoms with Crippen molar-refractivity contribution >= 4 is 53.5 Å².